The Balaban J connectivity index is 2.20. The summed E-state index contributed by atoms with van der Waals surface area (Å²) < 4.78 is 5.48. The highest BCUT2D eigenvalue weighted by atomic mass is 32.2. The molecule has 4 unspecified atom stereocenters. The number of carboxylic acid groups (broad SMARTS) is 1. The molecule has 2 heterocycles. The minimum Gasteiger partial charge on any atom is -0.480 e. The van der Waals surface area contributed by atoms with Crippen LogP contribution < -0.4 is 0 Å². The van der Waals surface area contributed by atoms with Crippen LogP contribution in [0.3, 0.4) is 0 Å². The highest BCUT2D eigenvalue weighted by molar-refractivity contribution is 7.99. The number of carbonyl (C=O) groups is 3. The van der Waals surface area contributed by atoms with Crippen LogP contribution in [-0.2, 0) is 19.1 Å². The van der Waals surface area contributed by atoms with Crippen molar-refractivity contribution < 1.29 is 29.3 Å². The van der Waals surface area contributed by atoms with Crippen molar-refractivity contribution in [2.24, 2.45) is 5.92 Å². The van der Waals surface area contributed by atoms with Crippen molar-refractivity contribution in [1.29, 1.82) is 0 Å². The lowest BCUT2D eigenvalue weighted by Crippen LogP contribution is -2.60. The zero-order valence-electron chi connectivity index (χ0n) is 13.4. The number of piperidine rings is 1. The van der Waals surface area contributed by atoms with Crippen LogP contribution in [0.4, 0.5) is 0 Å². The quantitative estimate of drug-likeness (QED) is 0.728. The van der Waals surface area contributed by atoms with Gasteiger partial charge in [-0.1, -0.05) is 6.92 Å². The molecule has 4 atom stereocenters. The highest BCUT2D eigenvalue weighted by Gasteiger charge is 2.52. The van der Waals surface area contributed by atoms with Crippen LogP contribution >= 0.6 is 11.8 Å². The van der Waals surface area contributed by atoms with Gasteiger partial charge in [-0.3, -0.25) is 9.59 Å². The number of carboxylic acids is 1. The Morgan fingerprint density at radius 3 is 2.52 bits per heavy atom. The van der Waals surface area contributed by atoms with E-state index in [2.05, 4.69) is 0 Å². The fraction of sp³-hybridized carbons (Fsp3) is 0.800. The van der Waals surface area contributed by atoms with Gasteiger partial charge in [0.05, 0.1) is 0 Å². The van der Waals surface area contributed by atoms with Gasteiger partial charge in [0.25, 0.3) is 11.7 Å². The SMILES string of the molecule is CSC1CCC(C)C(O)(C(=O)C(=O)N2CCCCC2C(=O)O)O1. The Morgan fingerprint density at radius 2 is 1.91 bits per heavy atom. The van der Waals surface area contributed by atoms with E-state index in [9.17, 15) is 24.6 Å². The summed E-state index contributed by atoms with van der Waals surface area (Å²) in [5.41, 5.74) is -0.357. The first-order valence-electron chi connectivity index (χ1n) is 7.82. The number of ketones is 1. The molecule has 130 valence electrons. The number of hydrogen-bond donors (Lipinski definition) is 2. The molecule has 1 amide bonds. The summed E-state index contributed by atoms with van der Waals surface area (Å²) in [7, 11) is 0. The Labute approximate surface area is 139 Å². The molecule has 0 aromatic rings. The van der Waals surface area contributed by atoms with Crippen molar-refractivity contribution in [3.63, 3.8) is 0 Å². The maximum absolute atomic E-state index is 12.6. The van der Waals surface area contributed by atoms with E-state index in [0.29, 0.717) is 32.1 Å². The molecule has 23 heavy (non-hydrogen) atoms. The molecule has 2 rings (SSSR count). The summed E-state index contributed by atoms with van der Waals surface area (Å²) in [6, 6.07) is -1.01. The third-order valence-corrected chi connectivity index (χ3v) is 5.50. The summed E-state index contributed by atoms with van der Waals surface area (Å²) in [5, 5.41) is 19.9. The molecule has 2 saturated heterocycles. The molecule has 0 bridgehead atoms. The largest absolute Gasteiger partial charge is 0.480 e. The van der Waals surface area contributed by atoms with E-state index < -0.39 is 35.4 Å². The molecule has 2 N–H and O–H groups in total. The molecule has 0 saturated carbocycles. The Morgan fingerprint density at radius 1 is 1.22 bits per heavy atom. The van der Waals surface area contributed by atoms with Crippen LogP contribution in [0, 0.1) is 5.92 Å². The number of likely N-dealkylation sites (tertiary alicyclic amines) is 1. The van der Waals surface area contributed by atoms with Gasteiger partial charge in [-0.15, -0.1) is 11.8 Å². The second-order valence-corrected chi connectivity index (χ2v) is 7.13. The summed E-state index contributed by atoms with van der Waals surface area (Å²) in [4.78, 5) is 37.5. The molecule has 7 nitrogen and oxygen atoms in total. The Hall–Kier alpha value is -1.12. The van der Waals surface area contributed by atoms with Crippen molar-refractivity contribution in [2.45, 2.75) is 56.3 Å². The van der Waals surface area contributed by atoms with Gasteiger partial charge in [0.2, 0.25) is 5.79 Å². The topological polar surface area (TPSA) is 104 Å². The third-order valence-electron chi connectivity index (χ3n) is 4.65. The van der Waals surface area contributed by atoms with Crippen molar-refractivity contribution in [3.8, 4) is 0 Å². The number of carbonyl (C=O) groups excluding carboxylic acids is 2. The lowest BCUT2D eigenvalue weighted by molar-refractivity contribution is -0.247. The summed E-state index contributed by atoms with van der Waals surface area (Å²) in [6.07, 6.45) is 4.71. The van der Waals surface area contributed by atoms with Gasteiger partial charge < -0.3 is 19.8 Å². The number of hydrogen-bond acceptors (Lipinski definition) is 6. The number of Topliss-reactive ketones (excluding diaryl/α,β-unsaturated/α-hetero) is 1. The highest BCUT2D eigenvalue weighted by Crippen LogP contribution is 2.37. The van der Waals surface area contributed by atoms with Gasteiger partial charge in [-0.05, 0) is 38.4 Å². The fourth-order valence-corrected chi connectivity index (χ4v) is 3.73. The standard InChI is InChI=1S/C15H23NO6S/c1-9-6-7-11(23-2)22-15(9,21)12(17)13(18)16-8-4-3-5-10(16)14(19)20/h9-11,21H,3-8H2,1-2H3,(H,19,20). The molecule has 2 fully saturated rings. The van der Waals surface area contributed by atoms with Gasteiger partial charge in [-0.25, -0.2) is 4.79 Å². The number of rotatable bonds is 4. The molecular formula is C15H23NO6S. The predicted octanol–water partition coefficient (Wildman–Crippen LogP) is 0.845. The molecule has 2 aliphatic heterocycles. The zero-order chi connectivity index (χ0) is 17.2. The van der Waals surface area contributed by atoms with E-state index in [0.717, 1.165) is 4.90 Å². The van der Waals surface area contributed by atoms with Crippen molar-refractivity contribution in [1.82, 2.24) is 4.90 Å². The molecule has 0 radical (unpaired) electrons. The van der Waals surface area contributed by atoms with Crippen LogP contribution in [0.15, 0.2) is 0 Å². The van der Waals surface area contributed by atoms with Gasteiger partial charge in [0.1, 0.15) is 11.5 Å². The summed E-state index contributed by atoms with van der Waals surface area (Å²) in [5.74, 6) is -5.85. The lowest BCUT2D eigenvalue weighted by atomic mass is 9.88. The van der Waals surface area contributed by atoms with Gasteiger partial charge in [0, 0.05) is 12.5 Å². The number of amides is 1. The number of nitrogens with zero attached hydrogens (tertiary/aromatic N) is 1. The van der Waals surface area contributed by atoms with E-state index in [1.165, 1.54) is 11.8 Å². The van der Waals surface area contributed by atoms with E-state index in [-0.39, 0.29) is 12.0 Å². The summed E-state index contributed by atoms with van der Waals surface area (Å²) in [6.45, 7) is 1.87. The van der Waals surface area contributed by atoms with Crippen LogP contribution in [0.5, 0.6) is 0 Å². The molecule has 0 aliphatic carbocycles. The second kappa shape index (κ2) is 7.19. The van der Waals surface area contributed by atoms with Crippen LogP contribution in [0.2, 0.25) is 0 Å². The first kappa shape index (κ1) is 18.2. The normalized spacial score (nSPS) is 34.9. The lowest BCUT2D eigenvalue weighted by Gasteiger charge is -2.41. The van der Waals surface area contributed by atoms with Gasteiger partial charge in [-0.2, -0.15) is 0 Å². The third kappa shape index (κ3) is 3.54. The fourth-order valence-electron chi connectivity index (χ4n) is 3.12. The van der Waals surface area contributed by atoms with Crippen molar-refractivity contribution in [3.05, 3.63) is 0 Å². The van der Waals surface area contributed by atoms with Crippen LogP contribution in [0.25, 0.3) is 0 Å². The first-order chi connectivity index (χ1) is 10.8. The van der Waals surface area contributed by atoms with Gasteiger partial charge in [0.15, 0.2) is 0 Å². The molecule has 8 heteroatoms. The molecular weight excluding hydrogens is 322 g/mol. The average Bonchev–Trinajstić information content (AvgIpc) is 2.56. The second-order valence-electron chi connectivity index (χ2n) is 6.14. The molecule has 0 aromatic carbocycles. The van der Waals surface area contributed by atoms with Crippen LogP contribution in [0.1, 0.15) is 39.0 Å². The number of ether oxygens (including phenoxy) is 1. The minimum absolute atomic E-state index is 0.206. The van der Waals surface area contributed by atoms with Crippen molar-refractivity contribution >= 4 is 29.4 Å². The first-order valence-corrected chi connectivity index (χ1v) is 9.11. The van der Waals surface area contributed by atoms with Crippen molar-refractivity contribution in [2.75, 3.05) is 12.8 Å². The van der Waals surface area contributed by atoms with E-state index in [4.69, 9.17) is 4.74 Å². The minimum atomic E-state index is -2.18. The maximum Gasteiger partial charge on any atom is 0.326 e. The monoisotopic (exact) mass is 345 g/mol. The smallest absolute Gasteiger partial charge is 0.326 e. The average molecular weight is 345 g/mol. The van der Waals surface area contributed by atoms with E-state index >= 15 is 0 Å². The van der Waals surface area contributed by atoms with E-state index in [1.807, 2.05) is 0 Å². The Kier molecular flexibility index (Phi) is 5.70. The zero-order valence-corrected chi connectivity index (χ0v) is 14.2. The molecule has 0 spiro atoms. The summed E-state index contributed by atoms with van der Waals surface area (Å²) >= 11 is 1.37. The number of aliphatic carboxylic acids is 1. The van der Waals surface area contributed by atoms with E-state index in [1.54, 1.807) is 13.2 Å². The van der Waals surface area contributed by atoms with Gasteiger partial charge >= 0.3 is 5.97 Å². The van der Waals surface area contributed by atoms with Crippen LogP contribution in [-0.4, -0.2) is 62.8 Å². The Bertz CT molecular complexity index is 498. The number of thioether (sulfide) groups is 1. The number of aliphatic hydroxyl groups is 1. The predicted molar refractivity (Wildman–Crippen MR) is 83.7 cm³/mol. The maximum atomic E-state index is 12.6. The molecule has 2 aliphatic rings. The molecule has 0 aromatic heterocycles.